The van der Waals surface area contributed by atoms with E-state index >= 15 is 0 Å². The van der Waals surface area contributed by atoms with Crippen LogP contribution in [0, 0.1) is 0 Å². The van der Waals surface area contributed by atoms with Gasteiger partial charge in [0.15, 0.2) is 6.10 Å². The van der Waals surface area contributed by atoms with Crippen LogP contribution < -0.4 is 0 Å². The second-order valence-electron chi connectivity index (χ2n) is 21.3. The molecule has 0 heterocycles. The fraction of sp³-hybridized carbons (Fsp3) is 0.729. The standard InChI is InChI=1S/C70H120O6/c1-4-7-10-13-16-19-22-25-28-31-33-35-37-39-42-45-48-51-54-57-60-63-69(72)75-66-67(65-74-68(71)62-59-56-53-50-47-44-41-30-27-24-21-18-15-12-9-6-3)76-70(73)64-61-58-55-52-49-46-43-40-38-36-34-32-29-26-23-20-17-14-11-8-5-2/h7,10,16,19,21,23-26,28,30,32-35,41,67H,4-6,8-9,11-15,17-18,20,22,27,29,31,36-40,42-66H2,1-3H3/b10-7-,19-16-,24-21-,26-23-,28-25-,34-32-,35-33-,41-30-. The number of carbonyl (C=O) groups is 3. The molecule has 0 amide bonds. The summed E-state index contributed by atoms with van der Waals surface area (Å²) in [5.74, 6) is -0.903. The van der Waals surface area contributed by atoms with Crippen LogP contribution in [0.3, 0.4) is 0 Å². The first-order chi connectivity index (χ1) is 37.5. The third-order valence-corrected chi connectivity index (χ3v) is 13.8. The van der Waals surface area contributed by atoms with Gasteiger partial charge in [0.05, 0.1) is 0 Å². The number of ether oxygens (including phenoxy) is 3. The summed E-state index contributed by atoms with van der Waals surface area (Å²) in [5, 5.41) is 0. The van der Waals surface area contributed by atoms with Gasteiger partial charge in [-0.15, -0.1) is 0 Å². The SMILES string of the molecule is CC/C=C\C/C=C\C/C=C\C/C=C\CCCCCCCCCCC(=O)OCC(COC(=O)CCCCCCC/C=C\C/C=C\CCCCCC)OC(=O)CCCCCCCCCCC/C=C\C/C=C\CCCCCCC. The van der Waals surface area contributed by atoms with Gasteiger partial charge in [-0.3, -0.25) is 14.4 Å². The average Bonchev–Trinajstić information content (AvgIpc) is 3.42. The monoisotopic (exact) mass is 1060 g/mol. The highest BCUT2D eigenvalue weighted by Gasteiger charge is 2.19. The molecule has 0 spiro atoms. The number of rotatable bonds is 58. The quantitative estimate of drug-likeness (QED) is 0.0261. The minimum Gasteiger partial charge on any atom is -0.462 e. The normalized spacial score (nSPS) is 12.7. The van der Waals surface area contributed by atoms with Gasteiger partial charge in [-0.25, -0.2) is 0 Å². The molecule has 0 aliphatic rings. The van der Waals surface area contributed by atoms with Gasteiger partial charge in [0.25, 0.3) is 0 Å². The highest BCUT2D eigenvalue weighted by atomic mass is 16.6. The fourth-order valence-corrected chi connectivity index (χ4v) is 8.97. The molecule has 0 saturated carbocycles. The zero-order valence-electron chi connectivity index (χ0n) is 50.0. The van der Waals surface area contributed by atoms with Crippen molar-refractivity contribution in [3.63, 3.8) is 0 Å². The average molecular weight is 1060 g/mol. The maximum absolute atomic E-state index is 12.9. The summed E-state index contributed by atoms with van der Waals surface area (Å²) in [6, 6.07) is 0. The number of hydrogen-bond acceptors (Lipinski definition) is 6. The van der Waals surface area contributed by atoms with Crippen LogP contribution in [0.4, 0.5) is 0 Å². The molecule has 6 nitrogen and oxygen atoms in total. The predicted octanol–water partition coefficient (Wildman–Crippen LogP) is 22.0. The maximum atomic E-state index is 12.9. The summed E-state index contributed by atoms with van der Waals surface area (Å²) >= 11 is 0. The molecule has 0 N–H and O–H groups in total. The molecule has 76 heavy (non-hydrogen) atoms. The zero-order valence-corrected chi connectivity index (χ0v) is 50.0. The van der Waals surface area contributed by atoms with Gasteiger partial charge < -0.3 is 14.2 Å². The van der Waals surface area contributed by atoms with Crippen LogP contribution in [-0.2, 0) is 28.6 Å². The minimum absolute atomic E-state index is 0.0878. The first kappa shape index (κ1) is 72.3. The van der Waals surface area contributed by atoms with Gasteiger partial charge in [0, 0.05) is 19.3 Å². The summed E-state index contributed by atoms with van der Waals surface area (Å²) in [5.41, 5.74) is 0. The number of unbranched alkanes of at least 4 members (excludes halogenated alkanes) is 31. The molecule has 0 saturated heterocycles. The van der Waals surface area contributed by atoms with Crippen LogP contribution in [0.25, 0.3) is 0 Å². The lowest BCUT2D eigenvalue weighted by Gasteiger charge is -2.18. The molecule has 6 heteroatoms. The van der Waals surface area contributed by atoms with Crippen molar-refractivity contribution in [2.45, 2.75) is 316 Å². The Balaban J connectivity index is 4.41. The minimum atomic E-state index is -0.792. The summed E-state index contributed by atoms with van der Waals surface area (Å²) in [7, 11) is 0. The predicted molar refractivity (Wildman–Crippen MR) is 330 cm³/mol. The fourth-order valence-electron chi connectivity index (χ4n) is 8.97. The van der Waals surface area contributed by atoms with Crippen molar-refractivity contribution in [1.29, 1.82) is 0 Å². The molecule has 0 aromatic carbocycles. The molecule has 0 fully saturated rings. The van der Waals surface area contributed by atoms with E-state index in [1.807, 2.05) is 0 Å². The lowest BCUT2D eigenvalue weighted by Crippen LogP contribution is -2.30. The Hall–Kier alpha value is -3.67. The Morgan fingerprint density at radius 3 is 0.816 bits per heavy atom. The van der Waals surface area contributed by atoms with Crippen molar-refractivity contribution in [3.8, 4) is 0 Å². The number of hydrogen-bond donors (Lipinski definition) is 0. The number of allylic oxidation sites excluding steroid dienone is 16. The van der Waals surface area contributed by atoms with Crippen LogP contribution in [0.5, 0.6) is 0 Å². The van der Waals surface area contributed by atoms with Crippen molar-refractivity contribution in [2.24, 2.45) is 0 Å². The van der Waals surface area contributed by atoms with Gasteiger partial charge in [-0.1, -0.05) is 266 Å². The van der Waals surface area contributed by atoms with E-state index in [2.05, 4.69) is 118 Å². The third kappa shape index (κ3) is 61.2. The Kier molecular flexibility index (Phi) is 60.8. The van der Waals surface area contributed by atoms with Crippen molar-refractivity contribution in [3.05, 3.63) is 97.2 Å². The van der Waals surface area contributed by atoms with Crippen LogP contribution in [0.1, 0.15) is 310 Å². The summed E-state index contributed by atoms with van der Waals surface area (Å²) in [4.78, 5) is 38.4. The maximum Gasteiger partial charge on any atom is 0.306 e. The van der Waals surface area contributed by atoms with E-state index in [0.29, 0.717) is 19.3 Å². The van der Waals surface area contributed by atoms with E-state index < -0.39 is 6.10 Å². The molecule has 0 bridgehead atoms. The molecular weight excluding hydrogens is 937 g/mol. The molecule has 0 radical (unpaired) electrons. The van der Waals surface area contributed by atoms with Gasteiger partial charge >= 0.3 is 17.9 Å². The molecule has 436 valence electrons. The summed E-state index contributed by atoms with van der Waals surface area (Å²) < 4.78 is 16.9. The van der Waals surface area contributed by atoms with E-state index in [4.69, 9.17) is 14.2 Å². The summed E-state index contributed by atoms with van der Waals surface area (Å²) in [6.07, 6.45) is 85.4. The Labute approximate surface area is 470 Å². The molecule has 1 unspecified atom stereocenters. The van der Waals surface area contributed by atoms with Crippen molar-refractivity contribution in [1.82, 2.24) is 0 Å². The van der Waals surface area contributed by atoms with Crippen molar-refractivity contribution >= 4 is 17.9 Å². The Morgan fingerprint density at radius 1 is 0.276 bits per heavy atom. The molecular formula is C70H120O6. The highest BCUT2D eigenvalue weighted by Crippen LogP contribution is 2.16. The molecule has 0 rings (SSSR count). The van der Waals surface area contributed by atoms with Crippen LogP contribution in [0.15, 0.2) is 97.2 Å². The summed E-state index contributed by atoms with van der Waals surface area (Å²) in [6.45, 7) is 6.51. The first-order valence-corrected chi connectivity index (χ1v) is 32.2. The first-order valence-electron chi connectivity index (χ1n) is 32.2. The largest absolute Gasteiger partial charge is 0.462 e. The van der Waals surface area contributed by atoms with Crippen molar-refractivity contribution < 1.29 is 28.6 Å². The lowest BCUT2D eigenvalue weighted by molar-refractivity contribution is -0.167. The molecule has 1 atom stereocenters. The van der Waals surface area contributed by atoms with E-state index in [0.717, 1.165) is 116 Å². The van der Waals surface area contributed by atoms with E-state index in [-0.39, 0.29) is 31.1 Å². The second-order valence-corrected chi connectivity index (χ2v) is 21.3. The highest BCUT2D eigenvalue weighted by molar-refractivity contribution is 5.71. The van der Waals surface area contributed by atoms with Crippen LogP contribution >= 0.6 is 0 Å². The van der Waals surface area contributed by atoms with Gasteiger partial charge in [0.2, 0.25) is 0 Å². The molecule has 0 aromatic rings. The van der Waals surface area contributed by atoms with Gasteiger partial charge in [-0.2, -0.15) is 0 Å². The zero-order chi connectivity index (χ0) is 55.0. The number of carbonyl (C=O) groups excluding carboxylic acids is 3. The van der Waals surface area contributed by atoms with Crippen LogP contribution in [-0.4, -0.2) is 37.2 Å². The second kappa shape index (κ2) is 63.9. The Morgan fingerprint density at radius 2 is 0.513 bits per heavy atom. The molecule has 0 aromatic heterocycles. The van der Waals surface area contributed by atoms with E-state index in [1.54, 1.807) is 0 Å². The van der Waals surface area contributed by atoms with Gasteiger partial charge in [-0.05, 0) is 122 Å². The molecule has 0 aliphatic heterocycles. The smallest absolute Gasteiger partial charge is 0.306 e. The topological polar surface area (TPSA) is 78.9 Å². The third-order valence-electron chi connectivity index (χ3n) is 13.8. The van der Waals surface area contributed by atoms with E-state index in [1.165, 1.54) is 154 Å². The van der Waals surface area contributed by atoms with Gasteiger partial charge in [0.1, 0.15) is 13.2 Å². The number of esters is 3. The van der Waals surface area contributed by atoms with Crippen LogP contribution in [0.2, 0.25) is 0 Å². The lowest BCUT2D eigenvalue weighted by atomic mass is 10.1. The Bertz CT molecular complexity index is 1490. The van der Waals surface area contributed by atoms with Crippen molar-refractivity contribution in [2.75, 3.05) is 13.2 Å². The van der Waals surface area contributed by atoms with E-state index in [9.17, 15) is 14.4 Å². The molecule has 0 aliphatic carbocycles.